The lowest BCUT2D eigenvalue weighted by molar-refractivity contribution is -0.131. The second-order valence-corrected chi connectivity index (χ2v) is 2.99. The summed E-state index contributed by atoms with van der Waals surface area (Å²) >= 11 is 0. The van der Waals surface area contributed by atoms with Crippen molar-refractivity contribution < 1.29 is 28.8 Å². The molecular formula is C6H13O6P. The Morgan fingerprint density at radius 1 is 1.54 bits per heavy atom. The van der Waals surface area contributed by atoms with Gasteiger partial charge in [-0.2, -0.15) is 0 Å². The maximum absolute atomic E-state index is 9.70. The average Bonchev–Trinajstić information content (AvgIpc) is 1.84. The van der Waals surface area contributed by atoms with Crippen molar-refractivity contribution in [2.45, 2.75) is 13.8 Å². The molecule has 0 amide bonds. The van der Waals surface area contributed by atoms with Crippen molar-refractivity contribution in [2.75, 3.05) is 6.61 Å². The van der Waals surface area contributed by atoms with E-state index in [2.05, 4.69) is 4.52 Å². The van der Waals surface area contributed by atoms with Gasteiger partial charge in [0.2, 0.25) is 0 Å². The molecule has 0 saturated carbocycles. The SMILES string of the molecule is CC=CC(=O)O.CCOP(=O)(O)O. The second-order valence-electron chi connectivity index (χ2n) is 1.75. The quantitative estimate of drug-likeness (QED) is 0.471. The Bertz CT molecular complexity index is 205. The van der Waals surface area contributed by atoms with Crippen molar-refractivity contribution in [3.05, 3.63) is 12.2 Å². The van der Waals surface area contributed by atoms with Crippen LogP contribution in [0.1, 0.15) is 13.8 Å². The molecule has 0 radical (unpaired) electrons. The van der Waals surface area contributed by atoms with Gasteiger partial charge in [0, 0.05) is 6.08 Å². The average molecular weight is 212 g/mol. The molecular weight excluding hydrogens is 199 g/mol. The van der Waals surface area contributed by atoms with Crippen molar-refractivity contribution in [2.24, 2.45) is 0 Å². The van der Waals surface area contributed by atoms with Crippen LogP contribution in [0, 0.1) is 0 Å². The van der Waals surface area contributed by atoms with E-state index in [1.165, 1.54) is 13.0 Å². The van der Waals surface area contributed by atoms with Gasteiger partial charge in [-0.15, -0.1) is 0 Å². The van der Waals surface area contributed by atoms with E-state index in [1.807, 2.05) is 0 Å². The van der Waals surface area contributed by atoms with E-state index >= 15 is 0 Å². The van der Waals surface area contributed by atoms with Crippen LogP contribution in [0.25, 0.3) is 0 Å². The van der Waals surface area contributed by atoms with Gasteiger partial charge < -0.3 is 14.9 Å². The lowest BCUT2D eigenvalue weighted by Crippen LogP contribution is -1.84. The van der Waals surface area contributed by atoms with Crippen LogP contribution in [0.5, 0.6) is 0 Å². The van der Waals surface area contributed by atoms with Gasteiger partial charge in [-0.3, -0.25) is 4.52 Å². The summed E-state index contributed by atoms with van der Waals surface area (Å²) in [4.78, 5) is 25.3. The molecule has 0 aliphatic carbocycles. The van der Waals surface area contributed by atoms with Crippen LogP contribution >= 0.6 is 7.82 Å². The van der Waals surface area contributed by atoms with E-state index in [0.29, 0.717) is 0 Å². The molecule has 0 heterocycles. The Balaban J connectivity index is 0. The summed E-state index contributed by atoms with van der Waals surface area (Å²) in [6.45, 7) is 3.22. The van der Waals surface area contributed by atoms with Gasteiger partial charge in [0.05, 0.1) is 6.61 Å². The molecule has 0 bridgehead atoms. The van der Waals surface area contributed by atoms with Gasteiger partial charge in [-0.05, 0) is 13.8 Å². The summed E-state index contributed by atoms with van der Waals surface area (Å²) in [5.41, 5.74) is 0. The molecule has 78 valence electrons. The number of carboxylic acid groups (broad SMARTS) is 1. The molecule has 0 aliphatic heterocycles. The number of rotatable bonds is 3. The maximum Gasteiger partial charge on any atom is 0.469 e. The minimum Gasteiger partial charge on any atom is -0.478 e. The highest BCUT2D eigenvalue weighted by molar-refractivity contribution is 7.46. The zero-order chi connectivity index (χ0) is 10.9. The number of phosphoric acid groups is 1. The molecule has 0 aliphatic rings. The zero-order valence-corrected chi connectivity index (χ0v) is 8.27. The summed E-state index contributed by atoms with van der Waals surface area (Å²) in [7, 11) is -4.17. The first-order chi connectivity index (χ1) is 5.83. The van der Waals surface area contributed by atoms with E-state index in [-0.39, 0.29) is 6.61 Å². The summed E-state index contributed by atoms with van der Waals surface area (Å²) in [6, 6.07) is 0. The topological polar surface area (TPSA) is 104 Å². The fourth-order valence-electron chi connectivity index (χ4n) is 0.311. The summed E-state index contributed by atoms with van der Waals surface area (Å²) < 4.78 is 13.6. The van der Waals surface area contributed by atoms with Crippen LogP contribution < -0.4 is 0 Å². The fraction of sp³-hybridized carbons (Fsp3) is 0.500. The van der Waals surface area contributed by atoms with Gasteiger partial charge in [0.1, 0.15) is 0 Å². The molecule has 0 unspecified atom stereocenters. The van der Waals surface area contributed by atoms with Gasteiger partial charge in [0.15, 0.2) is 0 Å². The van der Waals surface area contributed by atoms with Crippen molar-refractivity contribution in [1.29, 1.82) is 0 Å². The first kappa shape index (κ1) is 14.8. The predicted octanol–water partition coefficient (Wildman–Crippen LogP) is 0.763. The van der Waals surface area contributed by atoms with Gasteiger partial charge in [0.25, 0.3) is 0 Å². The molecule has 7 heteroatoms. The standard InChI is InChI=1S/C4H6O2.C2H7O4P/c1-2-3-4(5)6;1-2-6-7(3,4)5/h2-3H,1H3,(H,5,6);2H2,1H3,(H2,3,4,5). The van der Waals surface area contributed by atoms with Crippen molar-refractivity contribution in [3.8, 4) is 0 Å². The van der Waals surface area contributed by atoms with E-state index in [1.54, 1.807) is 6.92 Å². The zero-order valence-electron chi connectivity index (χ0n) is 7.38. The van der Waals surface area contributed by atoms with E-state index < -0.39 is 13.8 Å². The fourth-order valence-corrected chi connectivity index (χ4v) is 0.647. The molecule has 0 aromatic rings. The maximum atomic E-state index is 9.70. The second kappa shape index (κ2) is 7.94. The third-order valence-corrected chi connectivity index (χ3v) is 1.20. The molecule has 0 aromatic carbocycles. The Labute approximate surface area is 76.1 Å². The monoisotopic (exact) mass is 212 g/mol. The summed E-state index contributed by atoms with van der Waals surface area (Å²) in [6.07, 6.45) is 2.56. The Hall–Kier alpha value is -0.680. The van der Waals surface area contributed by atoms with Crippen LogP contribution in [-0.2, 0) is 13.9 Å². The van der Waals surface area contributed by atoms with Gasteiger partial charge >= 0.3 is 13.8 Å². The molecule has 3 N–H and O–H groups in total. The Kier molecular flexibility index (Phi) is 9.06. The number of allylic oxidation sites excluding steroid dienone is 1. The normalized spacial score (nSPS) is 10.8. The number of carbonyl (C=O) groups is 1. The minimum absolute atomic E-state index is 0.0459. The largest absolute Gasteiger partial charge is 0.478 e. The molecule has 0 saturated heterocycles. The van der Waals surface area contributed by atoms with E-state index in [0.717, 1.165) is 6.08 Å². The van der Waals surface area contributed by atoms with Crippen LogP contribution in [0.2, 0.25) is 0 Å². The third kappa shape index (κ3) is 24.6. The van der Waals surface area contributed by atoms with Crippen LogP contribution in [-0.4, -0.2) is 27.5 Å². The molecule has 0 rings (SSSR count). The number of carboxylic acids is 1. The minimum atomic E-state index is -4.17. The third-order valence-electron chi connectivity index (χ3n) is 0.607. The van der Waals surface area contributed by atoms with Crippen LogP contribution in [0.15, 0.2) is 12.2 Å². The lowest BCUT2D eigenvalue weighted by Gasteiger charge is -1.98. The first-order valence-electron chi connectivity index (χ1n) is 3.39. The number of aliphatic carboxylic acids is 1. The Morgan fingerprint density at radius 3 is 2.00 bits per heavy atom. The van der Waals surface area contributed by atoms with Crippen molar-refractivity contribution in [1.82, 2.24) is 0 Å². The smallest absolute Gasteiger partial charge is 0.469 e. The number of hydrogen-bond donors (Lipinski definition) is 3. The highest BCUT2D eigenvalue weighted by Gasteiger charge is 2.10. The highest BCUT2D eigenvalue weighted by atomic mass is 31.2. The molecule has 0 aromatic heterocycles. The van der Waals surface area contributed by atoms with Crippen LogP contribution in [0.3, 0.4) is 0 Å². The van der Waals surface area contributed by atoms with Gasteiger partial charge in [-0.1, -0.05) is 6.08 Å². The molecule has 6 nitrogen and oxygen atoms in total. The molecule has 0 fully saturated rings. The van der Waals surface area contributed by atoms with E-state index in [4.69, 9.17) is 14.9 Å². The van der Waals surface area contributed by atoms with E-state index in [9.17, 15) is 9.36 Å². The lowest BCUT2D eigenvalue weighted by atomic mass is 10.5. The molecule has 13 heavy (non-hydrogen) atoms. The Morgan fingerprint density at radius 2 is 2.00 bits per heavy atom. The molecule has 0 atom stereocenters. The summed E-state index contributed by atoms with van der Waals surface area (Å²) in [5.74, 6) is -0.891. The summed E-state index contributed by atoms with van der Waals surface area (Å²) in [5, 5.41) is 7.83. The van der Waals surface area contributed by atoms with Crippen LogP contribution in [0.4, 0.5) is 0 Å². The predicted molar refractivity (Wildman–Crippen MR) is 46.1 cm³/mol. The van der Waals surface area contributed by atoms with Crippen molar-refractivity contribution >= 4 is 13.8 Å². The van der Waals surface area contributed by atoms with Gasteiger partial charge in [-0.25, -0.2) is 9.36 Å². The number of hydrogen-bond acceptors (Lipinski definition) is 3. The first-order valence-corrected chi connectivity index (χ1v) is 4.92. The van der Waals surface area contributed by atoms with Crippen molar-refractivity contribution in [3.63, 3.8) is 0 Å². The highest BCUT2D eigenvalue weighted by Crippen LogP contribution is 2.34. The molecule has 0 spiro atoms. The number of phosphoric ester groups is 1.